The van der Waals surface area contributed by atoms with Gasteiger partial charge >= 0.3 is 6.09 Å². The molecule has 0 unspecified atom stereocenters. The average Bonchev–Trinajstić information content (AvgIpc) is 3.87. The first-order chi connectivity index (χ1) is 25.7. The summed E-state index contributed by atoms with van der Waals surface area (Å²) in [5.41, 5.74) is 5.67. The minimum atomic E-state index is -0.463. The maximum atomic E-state index is 12.8. The quantitative estimate of drug-likeness (QED) is 0.146. The number of likely N-dealkylation sites (tertiary alicyclic amines) is 2. The first-order valence-electron chi connectivity index (χ1n) is 19.0. The number of piperazine rings is 1. The summed E-state index contributed by atoms with van der Waals surface area (Å²) < 4.78 is 20.2. The van der Waals surface area contributed by atoms with Gasteiger partial charge in [0, 0.05) is 63.3 Å². The minimum Gasteiger partial charge on any atom is -0.473 e. The Labute approximate surface area is 312 Å². The molecular weight excluding hydrogens is 665 g/mol. The van der Waals surface area contributed by atoms with Gasteiger partial charge in [0.2, 0.25) is 11.8 Å². The van der Waals surface area contributed by atoms with E-state index in [1.807, 2.05) is 98.1 Å². The van der Waals surface area contributed by atoms with E-state index in [0.29, 0.717) is 36.9 Å². The molecular formula is C43H50N6O4. The molecule has 0 aliphatic carbocycles. The molecule has 53 heavy (non-hydrogen) atoms. The molecule has 5 aromatic rings. The van der Waals surface area contributed by atoms with Crippen LogP contribution >= 0.6 is 0 Å². The van der Waals surface area contributed by atoms with Gasteiger partial charge in [-0.05, 0) is 69.2 Å². The van der Waals surface area contributed by atoms with Crippen molar-refractivity contribution in [2.24, 2.45) is 13.0 Å². The lowest BCUT2D eigenvalue weighted by molar-refractivity contribution is 0.0115. The number of hydrogen-bond donors (Lipinski definition) is 0. The van der Waals surface area contributed by atoms with Crippen molar-refractivity contribution in [2.75, 3.05) is 37.6 Å². The lowest BCUT2D eigenvalue weighted by Crippen LogP contribution is -2.51. The number of pyridine rings is 1. The topological polar surface area (TPSA) is 85.2 Å². The van der Waals surface area contributed by atoms with Crippen molar-refractivity contribution in [3.8, 4) is 23.0 Å². The number of aryl methyl sites for hydroxylation is 1. The van der Waals surface area contributed by atoms with Crippen LogP contribution < -0.4 is 14.4 Å². The van der Waals surface area contributed by atoms with Gasteiger partial charge in [0.1, 0.15) is 24.5 Å². The molecule has 2 bridgehead atoms. The van der Waals surface area contributed by atoms with Crippen LogP contribution in [0.15, 0.2) is 91.0 Å². The second-order valence-corrected chi connectivity index (χ2v) is 15.8. The molecule has 5 heterocycles. The number of piperidine rings is 1. The summed E-state index contributed by atoms with van der Waals surface area (Å²) in [4.78, 5) is 24.7. The summed E-state index contributed by atoms with van der Waals surface area (Å²) >= 11 is 0. The number of anilines is 1. The highest BCUT2D eigenvalue weighted by Crippen LogP contribution is 2.40. The molecule has 8 rings (SSSR count). The van der Waals surface area contributed by atoms with E-state index >= 15 is 0 Å². The van der Waals surface area contributed by atoms with E-state index in [0.717, 1.165) is 85.3 Å². The third-order valence-electron chi connectivity index (χ3n) is 10.8. The van der Waals surface area contributed by atoms with Crippen molar-refractivity contribution in [3.05, 3.63) is 102 Å². The molecule has 0 spiro atoms. The first kappa shape index (κ1) is 35.0. The molecule has 10 nitrogen and oxygen atoms in total. The standard InChI is InChI=1S/C43H50N6O4/c1-43(2,3)53-42(50)49-27-33-24-34(49)26-48(33)25-30-20-22-47(23-21-30)37-17-11-16-35-39(45-46(4)40(35)37)36-18-19-38(51-28-31-12-7-5-8-13-31)44-41(36)52-29-32-14-9-6-10-15-32/h5-19,30,33-34H,20-29H2,1-4H3/t33-,34-/m0/s1. The highest BCUT2D eigenvalue weighted by Gasteiger charge is 2.47. The highest BCUT2D eigenvalue weighted by atomic mass is 16.6. The van der Waals surface area contributed by atoms with Crippen molar-refractivity contribution < 1.29 is 19.0 Å². The average molecular weight is 715 g/mol. The van der Waals surface area contributed by atoms with Gasteiger partial charge in [-0.1, -0.05) is 72.8 Å². The summed E-state index contributed by atoms with van der Waals surface area (Å²) in [6.45, 7) is 11.4. The van der Waals surface area contributed by atoms with Crippen LogP contribution in [0.1, 0.15) is 51.2 Å². The Morgan fingerprint density at radius 3 is 2.17 bits per heavy atom. The van der Waals surface area contributed by atoms with E-state index < -0.39 is 5.60 Å². The zero-order valence-corrected chi connectivity index (χ0v) is 31.3. The minimum absolute atomic E-state index is 0.164. The maximum absolute atomic E-state index is 12.8. The molecule has 2 aromatic heterocycles. The summed E-state index contributed by atoms with van der Waals surface area (Å²) in [5.74, 6) is 1.64. The molecule has 0 N–H and O–H groups in total. The van der Waals surface area contributed by atoms with Crippen molar-refractivity contribution in [1.29, 1.82) is 0 Å². The van der Waals surface area contributed by atoms with Crippen LogP contribution in [0.4, 0.5) is 10.5 Å². The number of benzene rings is 3. The van der Waals surface area contributed by atoms with Crippen molar-refractivity contribution in [1.82, 2.24) is 24.6 Å². The largest absolute Gasteiger partial charge is 0.473 e. The lowest BCUT2D eigenvalue weighted by atomic mass is 9.95. The van der Waals surface area contributed by atoms with Gasteiger partial charge in [-0.15, -0.1) is 0 Å². The van der Waals surface area contributed by atoms with Crippen LogP contribution in [0.2, 0.25) is 0 Å². The fourth-order valence-corrected chi connectivity index (χ4v) is 8.23. The van der Waals surface area contributed by atoms with Crippen LogP contribution in [-0.2, 0) is 25.0 Å². The summed E-state index contributed by atoms with van der Waals surface area (Å²) in [7, 11) is 2.03. The summed E-state index contributed by atoms with van der Waals surface area (Å²) in [6.07, 6.45) is 3.16. The molecule has 2 atom stereocenters. The van der Waals surface area contributed by atoms with E-state index in [2.05, 4.69) is 40.1 Å². The van der Waals surface area contributed by atoms with Gasteiger partial charge < -0.3 is 24.0 Å². The number of fused-ring (bicyclic) bond motifs is 3. The van der Waals surface area contributed by atoms with Crippen LogP contribution in [0.25, 0.3) is 22.2 Å². The predicted octanol–water partition coefficient (Wildman–Crippen LogP) is 7.70. The molecule has 3 aliphatic rings. The van der Waals surface area contributed by atoms with Gasteiger partial charge in [0.05, 0.1) is 16.8 Å². The lowest BCUT2D eigenvalue weighted by Gasteiger charge is -2.39. The summed E-state index contributed by atoms with van der Waals surface area (Å²) in [5, 5.41) is 6.15. The Morgan fingerprint density at radius 2 is 1.51 bits per heavy atom. The zero-order valence-electron chi connectivity index (χ0n) is 31.3. The first-order valence-corrected chi connectivity index (χ1v) is 19.0. The molecule has 3 aliphatic heterocycles. The second kappa shape index (κ2) is 14.7. The summed E-state index contributed by atoms with van der Waals surface area (Å²) in [6, 6.07) is 31.4. The van der Waals surface area contributed by atoms with Gasteiger partial charge in [0.25, 0.3) is 0 Å². The maximum Gasteiger partial charge on any atom is 0.410 e. The van der Waals surface area contributed by atoms with Crippen molar-refractivity contribution >= 4 is 22.7 Å². The molecule has 0 saturated carbocycles. The molecule has 3 saturated heterocycles. The van der Waals surface area contributed by atoms with Gasteiger partial charge in [-0.25, -0.2) is 4.79 Å². The number of ether oxygens (including phenoxy) is 3. The van der Waals surface area contributed by atoms with Gasteiger partial charge in [-0.2, -0.15) is 10.1 Å². The number of rotatable bonds is 10. The molecule has 1 amide bonds. The van der Waals surface area contributed by atoms with Crippen LogP contribution in [0, 0.1) is 5.92 Å². The van der Waals surface area contributed by atoms with Crippen LogP contribution in [0.5, 0.6) is 11.8 Å². The Bertz CT molecular complexity index is 2040. The molecule has 276 valence electrons. The van der Waals surface area contributed by atoms with E-state index in [-0.39, 0.29) is 12.1 Å². The zero-order chi connectivity index (χ0) is 36.5. The van der Waals surface area contributed by atoms with E-state index in [9.17, 15) is 4.79 Å². The fourth-order valence-electron chi connectivity index (χ4n) is 8.23. The monoisotopic (exact) mass is 714 g/mol. The van der Waals surface area contributed by atoms with E-state index in [4.69, 9.17) is 24.3 Å². The predicted molar refractivity (Wildman–Crippen MR) is 207 cm³/mol. The van der Waals surface area contributed by atoms with Crippen LogP contribution in [-0.4, -0.2) is 81.1 Å². The fraction of sp³-hybridized carbons (Fsp3) is 0.419. The molecule has 0 radical (unpaired) electrons. The smallest absolute Gasteiger partial charge is 0.410 e. The molecule has 10 heteroatoms. The van der Waals surface area contributed by atoms with Gasteiger partial charge in [0.15, 0.2) is 0 Å². The number of carbonyl (C=O) groups is 1. The SMILES string of the molecule is Cn1nc(-c2ccc(OCc3ccccc3)nc2OCc2ccccc2)c2cccc(N3CCC(CN4C[C@@H]5C[C@H]4CN5C(=O)OC(C)(C)C)CC3)c21. The third kappa shape index (κ3) is 7.69. The number of aromatic nitrogens is 3. The number of hydrogen-bond acceptors (Lipinski definition) is 8. The van der Waals surface area contributed by atoms with Gasteiger partial charge in [-0.3, -0.25) is 9.58 Å². The number of nitrogens with zero attached hydrogens (tertiary/aromatic N) is 6. The Morgan fingerprint density at radius 1 is 0.811 bits per heavy atom. The molecule has 3 fully saturated rings. The van der Waals surface area contributed by atoms with E-state index in [1.54, 1.807) is 0 Å². The highest BCUT2D eigenvalue weighted by molar-refractivity contribution is 6.01. The third-order valence-corrected chi connectivity index (χ3v) is 10.8. The Balaban J connectivity index is 0.967. The normalized spacial score (nSPS) is 19.2. The number of para-hydroxylation sites is 1. The van der Waals surface area contributed by atoms with Crippen LogP contribution in [0.3, 0.4) is 0 Å². The number of carbonyl (C=O) groups excluding carboxylic acids is 1. The number of amides is 1. The second-order valence-electron chi connectivity index (χ2n) is 15.8. The van der Waals surface area contributed by atoms with Crippen molar-refractivity contribution in [2.45, 2.75) is 70.9 Å². The van der Waals surface area contributed by atoms with E-state index in [1.165, 1.54) is 5.69 Å². The Hall–Kier alpha value is -5.09. The van der Waals surface area contributed by atoms with Crippen molar-refractivity contribution in [3.63, 3.8) is 0 Å². The molecule has 3 aromatic carbocycles. The Kier molecular flexibility index (Phi) is 9.72.